The molecule has 1 aliphatic heterocycles. The van der Waals surface area contributed by atoms with E-state index in [0.717, 1.165) is 32.1 Å². The van der Waals surface area contributed by atoms with Gasteiger partial charge in [0.25, 0.3) is 0 Å². The normalized spacial score (nSPS) is 19.1. The van der Waals surface area contributed by atoms with Gasteiger partial charge >= 0.3 is 0 Å². The molecule has 3 nitrogen and oxygen atoms in total. The molecule has 1 fully saturated rings. The first kappa shape index (κ1) is 14.1. The summed E-state index contributed by atoms with van der Waals surface area (Å²) in [5, 5.41) is 3.50. The van der Waals surface area contributed by atoms with Crippen LogP contribution in [-0.2, 0) is 11.3 Å². The third kappa shape index (κ3) is 5.05. The summed E-state index contributed by atoms with van der Waals surface area (Å²) in [5.74, 6) is 1.56. The van der Waals surface area contributed by atoms with Gasteiger partial charge in [-0.2, -0.15) is 0 Å². The van der Waals surface area contributed by atoms with Gasteiger partial charge in [0.15, 0.2) is 0 Å². The van der Waals surface area contributed by atoms with Crippen molar-refractivity contribution in [2.75, 3.05) is 26.4 Å². The van der Waals surface area contributed by atoms with Crippen LogP contribution in [-0.4, -0.2) is 26.4 Å². The SMILES string of the molecule is C=CCOc1cccc(CNCC2CCCOC2)c1. The lowest BCUT2D eigenvalue weighted by Gasteiger charge is -2.22. The van der Waals surface area contributed by atoms with Crippen molar-refractivity contribution in [3.63, 3.8) is 0 Å². The van der Waals surface area contributed by atoms with Crippen LogP contribution in [0.3, 0.4) is 0 Å². The summed E-state index contributed by atoms with van der Waals surface area (Å²) in [6, 6.07) is 8.19. The molecule has 104 valence electrons. The topological polar surface area (TPSA) is 30.5 Å². The first-order chi connectivity index (χ1) is 9.38. The molecule has 0 amide bonds. The van der Waals surface area contributed by atoms with Crippen molar-refractivity contribution in [1.29, 1.82) is 0 Å². The molecule has 1 saturated heterocycles. The van der Waals surface area contributed by atoms with E-state index in [4.69, 9.17) is 9.47 Å². The van der Waals surface area contributed by atoms with E-state index in [9.17, 15) is 0 Å². The summed E-state index contributed by atoms with van der Waals surface area (Å²) in [4.78, 5) is 0. The molecule has 1 unspecified atom stereocenters. The van der Waals surface area contributed by atoms with E-state index in [1.165, 1.54) is 18.4 Å². The predicted octanol–water partition coefficient (Wildman–Crippen LogP) is 2.77. The van der Waals surface area contributed by atoms with Gasteiger partial charge < -0.3 is 14.8 Å². The number of rotatable bonds is 7. The van der Waals surface area contributed by atoms with E-state index < -0.39 is 0 Å². The maximum atomic E-state index is 5.53. The largest absolute Gasteiger partial charge is 0.490 e. The van der Waals surface area contributed by atoms with E-state index in [0.29, 0.717) is 12.5 Å². The highest BCUT2D eigenvalue weighted by molar-refractivity contribution is 5.28. The molecule has 0 spiro atoms. The second kappa shape index (κ2) is 7.97. The molecule has 0 radical (unpaired) electrons. The molecule has 1 N–H and O–H groups in total. The Bertz CT molecular complexity index is 386. The van der Waals surface area contributed by atoms with E-state index in [2.05, 4.69) is 24.0 Å². The van der Waals surface area contributed by atoms with Crippen molar-refractivity contribution in [2.45, 2.75) is 19.4 Å². The quantitative estimate of drug-likeness (QED) is 0.766. The molecule has 0 saturated carbocycles. The summed E-state index contributed by atoms with van der Waals surface area (Å²) in [5.41, 5.74) is 1.25. The lowest BCUT2D eigenvalue weighted by Crippen LogP contribution is -2.28. The monoisotopic (exact) mass is 261 g/mol. The molecular weight excluding hydrogens is 238 g/mol. The van der Waals surface area contributed by atoms with Crippen LogP contribution in [0.1, 0.15) is 18.4 Å². The molecule has 1 heterocycles. The molecule has 0 aliphatic carbocycles. The van der Waals surface area contributed by atoms with Gasteiger partial charge in [-0.15, -0.1) is 0 Å². The van der Waals surface area contributed by atoms with E-state index in [1.807, 2.05) is 12.1 Å². The van der Waals surface area contributed by atoms with Crippen LogP contribution < -0.4 is 10.1 Å². The molecule has 1 aromatic carbocycles. The van der Waals surface area contributed by atoms with Crippen LogP contribution in [0.5, 0.6) is 5.75 Å². The molecule has 0 aromatic heterocycles. The second-order valence-corrected chi connectivity index (χ2v) is 4.96. The lowest BCUT2D eigenvalue weighted by atomic mass is 10.0. The van der Waals surface area contributed by atoms with Crippen molar-refractivity contribution in [3.05, 3.63) is 42.5 Å². The lowest BCUT2D eigenvalue weighted by molar-refractivity contribution is 0.0547. The van der Waals surface area contributed by atoms with Crippen LogP contribution in [0.25, 0.3) is 0 Å². The van der Waals surface area contributed by atoms with Gasteiger partial charge in [0.05, 0.1) is 6.61 Å². The number of benzene rings is 1. The molecule has 1 aromatic rings. The van der Waals surface area contributed by atoms with Gasteiger partial charge in [0.1, 0.15) is 12.4 Å². The van der Waals surface area contributed by atoms with Gasteiger partial charge in [0.2, 0.25) is 0 Å². The zero-order chi connectivity index (χ0) is 13.3. The average Bonchev–Trinajstić information content (AvgIpc) is 2.47. The minimum absolute atomic E-state index is 0.552. The molecule has 1 atom stereocenters. The first-order valence-electron chi connectivity index (χ1n) is 6.99. The van der Waals surface area contributed by atoms with Crippen LogP contribution in [0.2, 0.25) is 0 Å². The minimum atomic E-state index is 0.552. The fourth-order valence-corrected chi connectivity index (χ4v) is 2.29. The maximum absolute atomic E-state index is 5.53. The highest BCUT2D eigenvalue weighted by Crippen LogP contribution is 2.15. The summed E-state index contributed by atoms with van der Waals surface area (Å²) < 4.78 is 11.0. The zero-order valence-electron chi connectivity index (χ0n) is 11.4. The average molecular weight is 261 g/mol. The Morgan fingerprint density at radius 3 is 3.21 bits per heavy atom. The van der Waals surface area contributed by atoms with Crippen molar-refractivity contribution in [2.24, 2.45) is 5.92 Å². The van der Waals surface area contributed by atoms with Crippen molar-refractivity contribution in [1.82, 2.24) is 5.32 Å². The van der Waals surface area contributed by atoms with Crippen LogP contribution in [0, 0.1) is 5.92 Å². The van der Waals surface area contributed by atoms with Crippen molar-refractivity contribution in [3.8, 4) is 5.75 Å². The summed E-state index contributed by atoms with van der Waals surface area (Å²) in [7, 11) is 0. The van der Waals surface area contributed by atoms with Gasteiger partial charge in [-0.05, 0) is 36.5 Å². The van der Waals surface area contributed by atoms with Crippen LogP contribution >= 0.6 is 0 Å². The summed E-state index contributed by atoms with van der Waals surface area (Å²) >= 11 is 0. The number of hydrogen-bond donors (Lipinski definition) is 1. The third-order valence-corrected chi connectivity index (χ3v) is 3.28. The minimum Gasteiger partial charge on any atom is -0.490 e. The number of hydrogen-bond acceptors (Lipinski definition) is 3. The van der Waals surface area contributed by atoms with Crippen molar-refractivity contribution >= 4 is 0 Å². The molecule has 0 bridgehead atoms. The van der Waals surface area contributed by atoms with Crippen LogP contribution in [0.4, 0.5) is 0 Å². The Morgan fingerprint density at radius 2 is 2.42 bits per heavy atom. The van der Waals surface area contributed by atoms with Gasteiger partial charge in [-0.25, -0.2) is 0 Å². The summed E-state index contributed by atoms with van der Waals surface area (Å²) in [6.45, 7) is 7.93. The highest BCUT2D eigenvalue weighted by Gasteiger charge is 2.12. The van der Waals surface area contributed by atoms with E-state index in [-0.39, 0.29) is 0 Å². The third-order valence-electron chi connectivity index (χ3n) is 3.28. The Labute approximate surface area is 115 Å². The first-order valence-corrected chi connectivity index (χ1v) is 6.99. The Kier molecular flexibility index (Phi) is 5.92. The van der Waals surface area contributed by atoms with Gasteiger partial charge in [-0.1, -0.05) is 24.8 Å². The molecule has 2 rings (SSSR count). The maximum Gasteiger partial charge on any atom is 0.120 e. The smallest absolute Gasteiger partial charge is 0.120 e. The standard InChI is InChI=1S/C16H23NO2/c1-2-8-19-16-7-3-5-14(10-16)11-17-12-15-6-4-9-18-13-15/h2-3,5,7,10,15,17H,1,4,6,8-9,11-13H2. The van der Waals surface area contributed by atoms with Gasteiger partial charge in [0, 0.05) is 19.7 Å². The van der Waals surface area contributed by atoms with Crippen molar-refractivity contribution < 1.29 is 9.47 Å². The fraction of sp³-hybridized carbons (Fsp3) is 0.500. The fourth-order valence-electron chi connectivity index (χ4n) is 2.29. The predicted molar refractivity (Wildman–Crippen MR) is 77.4 cm³/mol. The summed E-state index contributed by atoms with van der Waals surface area (Å²) in [6.07, 6.45) is 4.22. The van der Waals surface area contributed by atoms with Gasteiger partial charge in [-0.3, -0.25) is 0 Å². The molecule has 19 heavy (non-hydrogen) atoms. The zero-order valence-corrected chi connectivity index (χ0v) is 11.4. The Balaban J connectivity index is 1.73. The Hall–Kier alpha value is -1.32. The van der Waals surface area contributed by atoms with E-state index >= 15 is 0 Å². The number of ether oxygens (including phenoxy) is 2. The number of nitrogens with one attached hydrogen (secondary N) is 1. The van der Waals surface area contributed by atoms with Crippen LogP contribution in [0.15, 0.2) is 36.9 Å². The highest BCUT2D eigenvalue weighted by atomic mass is 16.5. The second-order valence-electron chi connectivity index (χ2n) is 4.96. The molecule has 3 heteroatoms. The molecule has 1 aliphatic rings. The molecular formula is C16H23NO2. The van der Waals surface area contributed by atoms with E-state index in [1.54, 1.807) is 6.08 Å². The Morgan fingerprint density at radius 1 is 1.47 bits per heavy atom.